The molecule has 1 heterocycles. The van der Waals surface area contributed by atoms with Crippen LogP contribution in [0.4, 0.5) is 0 Å². The molecule has 0 fully saturated rings. The van der Waals surface area contributed by atoms with Gasteiger partial charge in [0.25, 0.3) is 0 Å². The van der Waals surface area contributed by atoms with E-state index in [0.29, 0.717) is 12.6 Å². The molecule has 0 aliphatic heterocycles. The number of likely N-dealkylation sites (N-methyl/N-ethyl adjacent to an activating group) is 1. The highest BCUT2D eigenvalue weighted by Gasteiger charge is 2.16. The van der Waals surface area contributed by atoms with Crippen LogP contribution in [-0.4, -0.2) is 29.5 Å². The SMILES string of the molecule is CC(C)N(C)C(CN)c1ccncc1. The van der Waals surface area contributed by atoms with Crippen molar-refractivity contribution >= 4 is 0 Å². The van der Waals surface area contributed by atoms with E-state index >= 15 is 0 Å². The Kier molecular flexibility index (Phi) is 4.04. The van der Waals surface area contributed by atoms with Crippen LogP contribution in [0, 0.1) is 0 Å². The van der Waals surface area contributed by atoms with Crippen LogP contribution >= 0.6 is 0 Å². The van der Waals surface area contributed by atoms with Crippen molar-refractivity contribution in [2.24, 2.45) is 5.73 Å². The third-order valence-electron chi connectivity index (χ3n) is 2.62. The number of nitrogens with zero attached hydrogens (tertiary/aromatic N) is 2. The van der Waals surface area contributed by atoms with Crippen molar-refractivity contribution in [3.63, 3.8) is 0 Å². The van der Waals surface area contributed by atoms with Crippen molar-refractivity contribution in [2.45, 2.75) is 25.9 Å². The predicted molar refractivity (Wildman–Crippen MR) is 58.9 cm³/mol. The van der Waals surface area contributed by atoms with E-state index < -0.39 is 0 Å². The summed E-state index contributed by atoms with van der Waals surface area (Å²) in [7, 11) is 2.10. The zero-order valence-corrected chi connectivity index (χ0v) is 9.14. The predicted octanol–water partition coefficient (Wildman–Crippen LogP) is 1.42. The van der Waals surface area contributed by atoms with E-state index in [9.17, 15) is 0 Å². The summed E-state index contributed by atoms with van der Waals surface area (Å²) in [5, 5.41) is 0. The van der Waals surface area contributed by atoms with Crippen molar-refractivity contribution in [3.05, 3.63) is 30.1 Å². The first-order valence-corrected chi connectivity index (χ1v) is 4.98. The standard InChI is InChI=1S/C11H19N3/c1-9(2)14(3)11(8-12)10-4-6-13-7-5-10/h4-7,9,11H,8,12H2,1-3H3. The van der Waals surface area contributed by atoms with Crippen molar-refractivity contribution in [1.82, 2.24) is 9.88 Å². The van der Waals surface area contributed by atoms with Crippen LogP contribution < -0.4 is 5.73 Å². The molecule has 0 saturated carbocycles. The Balaban J connectivity index is 2.82. The average molecular weight is 193 g/mol. The molecule has 0 amide bonds. The van der Waals surface area contributed by atoms with Crippen molar-refractivity contribution in [1.29, 1.82) is 0 Å². The Hall–Kier alpha value is -0.930. The highest BCUT2D eigenvalue weighted by molar-refractivity contribution is 5.15. The first kappa shape index (κ1) is 11.1. The van der Waals surface area contributed by atoms with E-state index in [1.165, 1.54) is 5.56 Å². The van der Waals surface area contributed by atoms with Gasteiger partial charge in [-0.3, -0.25) is 9.88 Å². The maximum absolute atomic E-state index is 5.78. The van der Waals surface area contributed by atoms with Gasteiger partial charge in [0.15, 0.2) is 0 Å². The molecular weight excluding hydrogens is 174 g/mol. The third-order valence-corrected chi connectivity index (χ3v) is 2.62. The van der Waals surface area contributed by atoms with Crippen LogP contribution in [0.2, 0.25) is 0 Å². The summed E-state index contributed by atoms with van der Waals surface area (Å²) in [6, 6.07) is 4.84. The lowest BCUT2D eigenvalue weighted by Gasteiger charge is -2.30. The largest absolute Gasteiger partial charge is 0.329 e. The van der Waals surface area contributed by atoms with Crippen LogP contribution in [0.5, 0.6) is 0 Å². The van der Waals surface area contributed by atoms with Gasteiger partial charge in [-0.2, -0.15) is 0 Å². The van der Waals surface area contributed by atoms with Gasteiger partial charge in [0.1, 0.15) is 0 Å². The molecule has 1 atom stereocenters. The quantitative estimate of drug-likeness (QED) is 0.786. The van der Waals surface area contributed by atoms with E-state index in [-0.39, 0.29) is 6.04 Å². The maximum Gasteiger partial charge on any atom is 0.0471 e. The summed E-state index contributed by atoms with van der Waals surface area (Å²) in [5.41, 5.74) is 7.02. The van der Waals surface area contributed by atoms with E-state index in [2.05, 4.69) is 30.8 Å². The van der Waals surface area contributed by atoms with E-state index in [1.54, 1.807) is 0 Å². The maximum atomic E-state index is 5.78. The van der Waals surface area contributed by atoms with Gasteiger partial charge in [0.2, 0.25) is 0 Å². The number of nitrogens with two attached hydrogens (primary N) is 1. The minimum Gasteiger partial charge on any atom is -0.329 e. The van der Waals surface area contributed by atoms with Gasteiger partial charge in [0.05, 0.1) is 0 Å². The number of hydrogen-bond acceptors (Lipinski definition) is 3. The molecule has 14 heavy (non-hydrogen) atoms. The molecule has 0 bridgehead atoms. The zero-order chi connectivity index (χ0) is 10.6. The Morgan fingerprint density at radius 3 is 2.36 bits per heavy atom. The molecule has 1 aromatic rings. The fourth-order valence-electron chi connectivity index (χ4n) is 1.48. The molecule has 3 heteroatoms. The molecule has 0 aliphatic rings. The number of rotatable bonds is 4. The fraction of sp³-hybridized carbons (Fsp3) is 0.545. The number of aromatic nitrogens is 1. The monoisotopic (exact) mass is 193 g/mol. The smallest absolute Gasteiger partial charge is 0.0471 e. The molecule has 2 N–H and O–H groups in total. The molecule has 0 spiro atoms. The first-order chi connectivity index (χ1) is 6.66. The highest BCUT2D eigenvalue weighted by atomic mass is 15.2. The Morgan fingerprint density at radius 2 is 1.93 bits per heavy atom. The van der Waals surface area contributed by atoms with Gasteiger partial charge in [-0.05, 0) is 38.6 Å². The molecule has 3 nitrogen and oxygen atoms in total. The minimum absolute atomic E-state index is 0.290. The van der Waals surface area contributed by atoms with E-state index in [1.807, 2.05) is 24.5 Å². The lowest BCUT2D eigenvalue weighted by Crippen LogP contribution is -2.35. The normalized spacial score (nSPS) is 13.6. The topological polar surface area (TPSA) is 42.1 Å². The van der Waals surface area contributed by atoms with Crippen LogP contribution in [0.1, 0.15) is 25.5 Å². The number of hydrogen-bond donors (Lipinski definition) is 1. The first-order valence-electron chi connectivity index (χ1n) is 4.98. The van der Waals surface area contributed by atoms with Crippen molar-refractivity contribution in [3.8, 4) is 0 Å². The summed E-state index contributed by atoms with van der Waals surface area (Å²) >= 11 is 0. The molecule has 1 rings (SSSR count). The lowest BCUT2D eigenvalue weighted by atomic mass is 10.1. The fourth-order valence-corrected chi connectivity index (χ4v) is 1.48. The van der Waals surface area contributed by atoms with Gasteiger partial charge in [-0.25, -0.2) is 0 Å². The van der Waals surface area contributed by atoms with E-state index in [0.717, 1.165) is 0 Å². The van der Waals surface area contributed by atoms with Crippen LogP contribution in [0.3, 0.4) is 0 Å². The summed E-state index contributed by atoms with van der Waals surface area (Å²) in [6.45, 7) is 4.98. The Labute approximate surface area is 85.9 Å². The van der Waals surface area contributed by atoms with Gasteiger partial charge in [-0.15, -0.1) is 0 Å². The second kappa shape index (κ2) is 5.08. The molecule has 0 radical (unpaired) electrons. The molecule has 0 aliphatic carbocycles. The van der Waals surface area contributed by atoms with Crippen LogP contribution in [0.15, 0.2) is 24.5 Å². The van der Waals surface area contributed by atoms with Crippen LogP contribution in [-0.2, 0) is 0 Å². The van der Waals surface area contributed by atoms with Crippen LogP contribution in [0.25, 0.3) is 0 Å². The molecule has 78 valence electrons. The minimum atomic E-state index is 0.290. The van der Waals surface area contributed by atoms with Gasteiger partial charge < -0.3 is 5.73 Å². The van der Waals surface area contributed by atoms with Gasteiger partial charge in [-0.1, -0.05) is 0 Å². The molecule has 0 saturated heterocycles. The highest BCUT2D eigenvalue weighted by Crippen LogP contribution is 2.18. The zero-order valence-electron chi connectivity index (χ0n) is 9.14. The average Bonchev–Trinajstić information content (AvgIpc) is 2.20. The summed E-state index contributed by atoms with van der Waals surface area (Å²) in [6.07, 6.45) is 3.62. The molecule has 1 aromatic heterocycles. The second-order valence-corrected chi connectivity index (χ2v) is 3.79. The van der Waals surface area contributed by atoms with Crippen molar-refractivity contribution < 1.29 is 0 Å². The van der Waals surface area contributed by atoms with Gasteiger partial charge >= 0.3 is 0 Å². The van der Waals surface area contributed by atoms with E-state index in [4.69, 9.17) is 5.73 Å². The molecule has 0 aromatic carbocycles. The summed E-state index contributed by atoms with van der Waals surface area (Å²) in [5.74, 6) is 0. The Bertz CT molecular complexity index is 258. The summed E-state index contributed by atoms with van der Waals surface area (Å²) in [4.78, 5) is 6.28. The van der Waals surface area contributed by atoms with Gasteiger partial charge in [0, 0.05) is 31.0 Å². The third kappa shape index (κ3) is 2.53. The lowest BCUT2D eigenvalue weighted by molar-refractivity contribution is 0.201. The molecular formula is C11H19N3. The summed E-state index contributed by atoms with van der Waals surface area (Å²) < 4.78 is 0. The number of pyridine rings is 1. The Morgan fingerprint density at radius 1 is 1.36 bits per heavy atom. The second-order valence-electron chi connectivity index (χ2n) is 3.79. The molecule has 1 unspecified atom stereocenters. The van der Waals surface area contributed by atoms with Crippen molar-refractivity contribution in [2.75, 3.05) is 13.6 Å².